The standard InChI is InChI=1S/C35H36N2O7S/c1-22-17-23(2)35(24(3)18-22)45(38,39)37-30-20-26(27-9-8-10-32(42-6)34(27)44-21-40-4)13-14-28(30)29(36-37)15-11-25-12-16-31(41-5)33(19-25)43-7/h8-20H,21H2,1-7H3. The van der Waals surface area contributed by atoms with E-state index >= 15 is 0 Å². The maximum Gasteiger partial charge on any atom is 0.284 e. The van der Waals surface area contributed by atoms with E-state index in [4.69, 9.17) is 23.7 Å². The van der Waals surface area contributed by atoms with Crippen molar-refractivity contribution < 1.29 is 32.1 Å². The molecule has 9 nitrogen and oxygen atoms in total. The Morgan fingerprint density at radius 3 is 2.16 bits per heavy atom. The van der Waals surface area contributed by atoms with E-state index in [0.717, 1.165) is 20.8 Å². The van der Waals surface area contributed by atoms with Crippen molar-refractivity contribution in [1.29, 1.82) is 0 Å². The fourth-order valence-electron chi connectivity index (χ4n) is 5.55. The minimum atomic E-state index is -4.10. The summed E-state index contributed by atoms with van der Waals surface area (Å²) >= 11 is 0. The van der Waals surface area contributed by atoms with Crippen LogP contribution in [0.5, 0.6) is 23.0 Å². The van der Waals surface area contributed by atoms with E-state index in [9.17, 15) is 8.42 Å². The number of rotatable bonds is 11. The van der Waals surface area contributed by atoms with Crippen molar-refractivity contribution in [3.8, 4) is 34.1 Å². The molecule has 0 radical (unpaired) electrons. The second kappa shape index (κ2) is 13.1. The van der Waals surface area contributed by atoms with Crippen LogP contribution in [0.1, 0.15) is 27.9 Å². The molecule has 0 saturated carbocycles. The molecule has 10 heteroatoms. The summed E-state index contributed by atoms with van der Waals surface area (Å²) in [7, 11) is 2.15. The van der Waals surface area contributed by atoms with Gasteiger partial charge >= 0.3 is 0 Å². The van der Waals surface area contributed by atoms with Crippen LogP contribution in [0.15, 0.2) is 71.6 Å². The first kappa shape index (κ1) is 31.6. The van der Waals surface area contributed by atoms with E-state index in [1.807, 2.05) is 67.6 Å². The van der Waals surface area contributed by atoms with Crippen molar-refractivity contribution >= 4 is 33.1 Å². The van der Waals surface area contributed by atoms with Gasteiger partial charge in [0.25, 0.3) is 10.0 Å². The van der Waals surface area contributed by atoms with Gasteiger partial charge in [-0.05, 0) is 79.4 Å². The number of para-hydroxylation sites is 1. The lowest BCUT2D eigenvalue weighted by atomic mass is 10.0. The lowest BCUT2D eigenvalue weighted by Gasteiger charge is -2.15. The van der Waals surface area contributed by atoms with E-state index in [1.165, 1.54) is 7.11 Å². The minimum Gasteiger partial charge on any atom is -0.493 e. The molecule has 0 atom stereocenters. The molecule has 4 aromatic carbocycles. The molecule has 45 heavy (non-hydrogen) atoms. The molecular formula is C35H36N2O7S. The maximum absolute atomic E-state index is 14.4. The maximum atomic E-state index is 14.4. The van der Waals surface area contributed by atoms with Crippen LogP contribution in [-0.4, -0.2) is 52.8 Å². The van der Waals surface area contributed by atoms with Gasteiger partial charge in [0.05, 0.1) is 37.4 Å². The Kier molecular flexibility index (Phi) is 9.17. The van der Waals surface area contributed by atoms with Crippen molar-refractivity contribution in [1.82, 2.24) is 9.19 Å². The number of hydrogen-bond donors (Lipinski definition) is 0. The number of nitrogens with zero attached hydrogens (tertiary/aromatic N) is 2. The van der Waals surface area contributed by atoms with E-state index in [2.05, 4.69) is 5.10 Å². The van der Waals surface area contributed by atoms with Gasteiger partial charge in [0.15, 0.2) is 29.8 Å². The average Bonchev–Trinajstić information content (AvgIpc) is 3.40. The van der Waals surface area contributed by atoms with Crippen LogP contribution < -0.4 is 18.9 Å². The van der Waals surface area contributed by atoms with Gasteiger partial charge in [-0.15, -0.1) is 0 Å². The lowest BCUT2D eigenvalue weighted by Crippen LogP contribution is -2.17. The smallest absolute Gasteiger partial charge is 0.284 e. The Labute approximate surface area is 263 Å². The molecule has 0 bridgehead atoms. The van der Waals surface area contributed by atoms with Crippen molar-refractivity contribution in [2.24, 2.45) is 0 Å². The first-order chi connectivity index (χ1) is 21.6. The molecule has 5 rings (SSSR count). The Bertz CT molecular complexity index is 1990. The third kappa shape index (κ3) is 6.11. The fourth-order valence-corrected chi connectivity index (χ4v) is 7.26. The highest BCUT2D eigenvalue weighted by molar-refractivity contribution is 7.90. The van der Waals surface area contributed by atoms with Crippen LogP contribution in [-0.2, 0) is 14.8 Å². The zero-order valence-electron chi connectivity index (χ0n) is 26.4. The normalized spacial score (nSPS) is 11.7. The molecule has 234 valence electrons. The van der Waals surface area contributed by atoms with Crippen LogP contribution >= 0.6 is 0 Å². The Morgan fingerprint density at radius 1 is 0.778 bits per heavy atom. The summed E-state index contributed by atoms with van der Waals surface area (Å²) in [4.78, 5) is 0.226. The molecule has 5 aromatic rings. The summed E-state index contributed by atoms with van der Waals surface area (Å²) in [6, 6.07) is 20.4. The third-order valence-corrected chi connectivity index (χ3v) is 9.33. The molecule has 0 N–H and O–H groups in total. The zero-order chi connectivity index (χ0) is 32.3. The largest absolute Gasteiger partial charge is 0.493 e. The van der Waals surface area contributed by atoms with Crippen LogP contribution in [0.25, 0.3) is 34.2 Å². The molecular weight excluding hydrogens is 592 g/mol. The summed E-state index contributed by atoms with van der Waals surface area (Å²) in [6.07, 6.45) is 3.65. The third-order valence-electron chi connectivity index (χ3n) is 7.44. The molecule has 1 aromatic heterocycles. The van der Waals surface area contributed by atoms with Crippen molar-refractivity contribution in [3.05, 3.63) is 94.7 Å². The van der Waals surface area contributed by atoms with E-state index in [1.54, 1.807) is 53.4 Å². The first-order valence-electron chi connectivity index (χ1n) is 14.2. The summed E-state index contributed by atoms with van der Waals surface area (Å²) in [6.45, 7) is 5.56. The number of fused-ring (bicyclic) bond motifs is 1. The quantitative estimate of drug-likeness (QED) is 0.144. The number of aryl methyl sites for hydroxylation is 3. The number of benzene rings is 4. The van der Waals surface area contributed by atoms with Gasteiger partial charge in [0, 0.05) is 18.1 Å². The monoisotopic (exact) mass is 628 g/mol. The summed E-state index contributed by atoms with van der Waals surface area (Å²) in [5, 5.41) is 5.34. The number of methoxy groups -OCH3 is 4. The Hall–Kier alpha value is -4.80. The molecule has 0 amide bonds. The molecule has 0 aliphatic rings. The minimum absolute atomic E-state index is 0.0129. The topological polar surface area (TPSA) is 98.1 Å². The van der Waals surface area contributed by atoms with Crippen LogP contribution in [0, 0.1) is 20.8 Å². The van der Waals surface area contributed by atoms with Crippen molar-refractivity contribution in [2.75, 3.05) is 35.2 Å². The SMILES string of the molecule is COCOc1c(OC)cccc1-c1ccc2c(C=Cc3ccc(OC)c(OC)c3)nn(S(=O)(=O)c3c(C)cc(C)cc3C)c2c1. The summed E-state index contributed by atoms with van der Waals surface area (Å²) in [5.41, 5.74) is 5.45. The molecule has 0 aliphatic heterocycles. The predicted octanol–water partition coefficient (Wildman–Crippen LogP) is 7.04. The number of aromatic nitrogens is 2. The van der Waals surface area contributed by atoms with Crippen LogP contribution in [0.4, 0.5) is 0 Å². The molecule has 0 fully saturated rings. The number of hydrogen-bond acceptors (Lipinski definition) is 8. The van der Waals surface area contributed by atoms with Crippen LogP contribution in [0.3, 0.4) is 0 Å². The molecule has 0 aliphatic carbocycles. The lowest BCUT2D eigenvalue weighted by molar-refractivity contribution is 0.0496. The summed E-state index contributed by atoms with van der Waals surface area (Å²) < 4.78 is 57.3. The van der Waals surface area contributed by atoms with E-state index in [0.29, 0.717) is 56.3 Å². The Balaban J connectivity index is 1.73. The van der Waals surface area contributed by atoms with Crippen molar-refractivity contribution in [3.63, 3.8) is 0 Å². The second-order valence-electron chi connectivity index (χ2n) is 10.5. The van der Waals surface area contributed by atoms with Gasteiger partial charge in [0.1, 0.15) is 0 Å². The van der Waals surface area contributed by atoms with Gasteiger partial charge in [0.2, 0.25) is 0 Å². The molecule has 0 spiro atoms. The first-order valence-corrected chi connectivity index (χ1v) is 15.6. The molecule has 0 saturated heterocycles. The van der Waals surface area contributed by atoms with Gasteiger partial charge in [-0.25, -0.2) is 0 Å². The summed E-state index contributed by atoms with van der Waals surface area (Å²) in [5.74, 6) is 2.19. The number of ether oxygens (including phenoxy) is 5. The average molecular weight is 629 g/mol. The van der Waals surface area contributed by atoms with Gasteiger partial charge in [-0.1, -0.05) is 48.0 Å². The van der Waals surface area contributed by atoms with Crippen LogP contribution in [0.2, 0.25) is 0 Å². The zero-order valence-corrected chi connectivity index (χ0v) is 27.2. The molecule has 0 unspecified atom stereocenters. The van der Waals surface area contributed by atoms with Gasteiger partial charge in [-0.2, -0.15) is 17.6 Å². The highest BCUT2D eigenvalue weighted by Crippen LogP contribution is 2.40. The fraction of sp³-hybridized carbons (Fsp3) is 0.229. The predicted molar refractivity (Wildman–Crippen MR) is 176 cm³/mol. The van der Waals surface area contributed by atoms with E-state index in [-0.39, 0.29) is 11.7 Å². The Morgan fingerprint density at radius 2 is 1.49 bits per heavy atom. The highest BCUT2D eigenvalue weighted by Gasteiger charge is 2.27. The van der Waals surface area contributed by atoms with Gasteiger partial charge < -0.3 is 23.7 Å². The molecule has 1 heterocycles. The van der Waals surface area contributed by atoms with E-state index < -0.39 is 10.0 Å². The second-order valence-corrected chi connectivity index (χ2v) is 12.2. The van der Waals surface area contributed by atoms with Gasteiger partial charge in [-0.3, -0.25) is 0 Å². The highest BCUT2D eigenvalue weighted by atomic mass is 32.2. The van der Waals surface area contributed by atoms with Crippen molar-refractivity contribution in [2.45, 2.75) is 25.7 Å².